The predicted octanol–water partition coefficient (Wildman–Crippen LogP) is 0.454. The number of carbonyl (C=O) groups is 1. The molecule has 0 aliphatic rings. The van der Waals surface area contributed by atoms with Crippen LogP contribution in [-0.2, 0) is 14.1 Å². The fourth-order valence-corrected chi connectivity index (χ4v) is 1.75. The first kappa shape index (κ1) is 12.9. The van der Waals surface area contributed by atoms with Crippen LogP contribution < -0.4 is 11.2 Å². The van der Waals surface area contributed by atoms with Crippen molar-refractivity contribution in [3.63, 3.8) is 0 Å². The lowest BCUT2D eigenvalue weighted by molar-refractivity contribution is 0.103. The molecule has 0 amide bonds. The quantitative estimate of drug-likeness (QED) is 0.738. The second kappa shape index (κ2) is 4.64. The van der Waals surface area contributed by atoms with Crippen LogP contribution in [0.4, 0.5) is 4.39 Å². The second-order valence-corrected chi connectivity index (χ2v) is 4.11. The first-order chi connectivity index (χ1) is 8.93. The molecule has 0 N–H and O–H groups in total. The molecule has 0 unspecified atom stereocenters. The molecule has 0 aliphatic carbocycles. The van der Waals surface area contributed by atoms with Crippen LogP contribution in [0.3, 0.4) is 0 Å². The van der Waals surface area contributed by atoms with E-state index in [1.807, 2.05) is 0 Å². The Bertz CT molecular complexity index is 774. The van der Waals surface area contributed by atoms with Crippen LogP contribution in [0.15, 0.2) is 40.1 Å². The summed E-state index contributed by atoms with van der Waals surface area (Å²) in [5, 5.41) is 0. The third kappa shape index (κ3) is 2.12. The number of ketones is 1. The summed E-state index contributed by atoms with van der Waals surface area (Å²) < 4.78 is 15.5. The molecule has 6 heteroatoms. The van der Waals surface area contributed by atoms with Crippen molar-refractivity contribution < 1.29 is 9.18 Å². The maximum Gasteiger partial charge on any atom is 0.330 e. The SMILES string of the molecule is Cn1cc(C(=O)c2ccccc2F)c(=O)n(C)c1=O. The molecule has 98 valence electrons. The minimum absolute atomic E-state index is 0.196. The number of aryl methyl sites for hydroxylation is 1. The summed E-state index contributed by atoms with van der Waals surface area (Å²) in [6.45, 7) is 0. The van der Waals surface area contributed by atoms with Crippen LogP contribution in [0.1, 0.15) is 15.9 Å². The molecule has 1 heterocycles. The van der Waals surface area contributed by atoms with E-state index in [2.05, 4.69) is 0 Å². The monoisotopic (exact) mass is 262 g/mol. The Balaban J connectivity index is 2.68. The minimum atomic E-state index is -0.741. The summed E-state index contributed by atoms with van der Waals surface area (Å²) in [7, 11) is 2.68. The van der Waals surface area contributed by atoms with Crippen LogP contribution in [0.5, 0.6) is 0 Å². The third-order valence-electron chi connectivity index (χ3n) is 2.81. The highest BCUT2D eigenvalue weighted by molar-refractivity contribution is 6.08. The number of halogens is 1. The summed E-state index contributed by atoms with van der Waals surface area (Å²) >= 11 is 0. The van der Waals surface area contributed by atoms with Gasteiger partial charge in [0.2, 0.25) is 5.78 Å². The van der Waals surface area contributed by atoms with Crippen molar-refractivity contribution in [3.05, 3.63) is 68.2 Å². The fraction of sp³-hybridized carbons (Fsp3) is 0.154. The van der Waals surface area contributed by atoms with Gasteiger partial charge in [-0.3, -0.25) is 14.2 Å². The average molecular weight is 262 g/mol. The van der Waals surface area contributed by atoms with Gasteiger partial charge in [-0.2, -0.15) is 0 Å². The third-order valence-corrected chi connectivity index (χ3v) is 2.81. The van der Waals surface area contributed by atoms with Crippen molar-refractivity contribution >= 4 is 5.78 Å². The van der Waals surface area contributed by atoms with Gasteiger partial charge < -0.3 is 4.57 Å². The topological polar surface area (TPSA) is 61.1 Å². The number of rotatable bonds is 2. The van der Waals surface area contributed by atoms with E-state index in [1.54, 1.807) is 0 Å². The summed E-state index contributed by atoms with van der Waals surface area (Å²) in [4.78, 5) is 35.5. The number of carbonyl (C=O) groups excluding carboxylic acids is 1. The van der Waals surface area contributed by atoms with E-state index in [-0.39, 0.29) is 11.1 Å². The Morgan fingerprint density at radius 3 is 2.37 bits per heavy atom. The van der Waals surface area contributed by atoms with Gasteiger partial charge in [0.05, 0.1) is 5.56 Å². The maximum absolute atomic E-state index is 13.5. The highest BCUT2D eigenvalue weighted by Gasteiger charge is 2.19. The predicted molar refractivity (Wildman–Crippen MR) is 66.8 cm³/mol. The van der Waals surface area contributed by atoms with E-state index < -0.39 is 22.8 Å². The molecule has 1 aromatic heterocycles. The minimum Gasteiger partial charge on any atom is -0.303 e. The van der Waals surface area contributed by atoms with E-state index in [0.29, 0.717) is 0 Å². The van der Waals surface area contributed by atoms with Gasteiger partial charge in [0, 0.05) is 20.3 Å². The maximum atomic E-state index is 13.5. The lowest BCUT2D eigenvalue weighted by Gasteiger charge is -2.06. The van der Waals surface area contributed by atoms with Crippen LogP contribution in [0, 0.1) is 5.82 Å². The molecule has 2 rings (SSSR count). The van der Waals surface area contributed by atoms with Crippen LogP contribution in [-0.4, -0.2) is 14.9 Å². The molecule has 0 radical (unpaired) electrons. The van der Waals surface area contributed by atoms with Crippen molar-refractivity contribution in [1.82, 2.24) is 9.13 Å². The van der Waals surface area contributed by atoms with Gasteiger partial charge in [0.25, 0.3) is 5.56 Å². The molecular weight excluding hydrogens is 251 g/mol. The largest absolute Gasteiger partial charge is 0.330 e. The van der Waals surface area contributed by atoms with Gasteiger partial charge in [-0.25, -0.2) is 9.18 Å². The van der Waals surface area contributed by atoms with Crippen molar-refractivity contribution in [1.29, 1.82) is 0 Å². The summed E-state index contributed by atoms with van der Waals surface area (Å²) in [6, 6.07) is 5.38. The van der Waals surface area contributed by atoms with E-state index in [0.717, 1.165) is 21.4 Å². The number of nitrogens with zero attached hydrogens (tertiary/aromatic N) is 2. The molecule has 2 aromatic rings. The zero-order valence-electron chi connectivity index (χ0n) is 10.4. The van der Waals surface area contributed by atoms with Gasteiger partial charge >= 0.3 is 5.69 Å². The van der Waals surface area contributed by atoms with E-state index >= 15 is 0 Å². The first-order valence-corrected chi connectivity index (χ1v) is 5.49. The Morgan fingerprint density at radius 2 is 1.74 bits per heavy atom. The Kier molecular flexibility index (Phi) is 3.16. The molecule has 0 bridgehead atoms. The van der Waals surface area contributed by atoms with Gasteiger partial charge in [0.1, 0.15) is 11.4 Å². The van der Waals surface area contributed by atoms with Crippen molar-refractivity contribution in [2.75, 3.05) is 0 Å². The van der Waals surface area contributed by atoms with E-state index in [9.17, 15) is 18.8 Å². The fourth-order valence-electron chi connectivity index (χ4n) is 1.75. The zero-order valence-corrected chi connectivity index (χ0v) is 10.4. The van der Waals surface area contributed by atoms with Crippen molar-refractivity contribution in [2.24, 2.45) is 14.1 Å². The summed E-state index contributed by atoms with van der Waals surface area (Å²) in [5.41, 5.74) is -1.72. The lowest BCUT2D eigenvalue weighted by Crippen LogP contribution is -2.39. The molecule has 0 fully saturated rings. The molecule has 0 atom stereocenters. The first-order valence-electron chi connectivity index (χ1n) is 5.49. The number of benzene rings is 1. The van der Waals surface area contributed by atoms with Gasteiger partial charge in [0.15, 0.2) is 0 Å². The summed E-state index contributed by atoms with van der Waals surface area (Å²) in [6.07, 6.45) is 1.12. The lowest BCUT2D eigenvalue weighted by atomic mass is 10.1. The standard InChI is InChI=1S/C13H11FN2O3/c1-15-7-9(12(18)16(2)13(15)19)11(17)8-5-3-4-6-10(8)14/h3-7H,1-2H3. The van der Waals surface area contributed by atoms with Gasteiger partial charge in [-0.1, -0.05) is 12.1 Å². The smallest absolute Gasteiger partial charge is 0.303 e. The molecule has 0 saturated carbocycles. The van der Waals surface area contributed by atoms with Crippen LogP contribution in [0.2, 0.25) is 0 Å². The highest BCUT2D eigenvalue weighted by Crippen LogP contribution is 2.10. The second-order valence-electron chi connectivity index (χ2n) is 4.11. The Hall–Kier alpha value is -2.50. The molecular formula is C13H11FN2O3. The number of aromatic nitrogens is 2. The highest BCUT2D eigenvalue weighted by atomic mass is 19.1. The Labute approximate surface area is 107 Å². The van der Waals surface area contributed by atoms with E-state index in [1.165, 1.54) is 32.3 Å². The van der Waals surface area contributed by atoms with Gasteiger partial charge in [-0.15, -0.1) is 0 Å². The normalized spacial score (nSPS) is 10.5. The summed E-state index contributed by atoms with van der Waals surface area (Å²) in [5.74, 6) is -1.45. The number of hydrogen-bond donors (Lipinski definition) is 0. The van der Waals surface area contributed by atoms with E-state index in [4.69, 9.17) is 0 Å². The van der Waals surface area contributed by atoms with Crippen LogP contribution >= 0.6 is 0 Å². The Morgan fingerprint density at radius 1 is 1.11 bits per heavy atom. The van der Waals surface area contributed by atoms with Crippen molar-refractivity contribution in [3.8, 4) is 0 Å². The molecule has 19 heavy (non-hydrogen) atoms. The average Bonchev–Trinajstić information content (AvgIpc) is 2.40. The molecule has 0 spiro atoms. The molecule has 1 aromatic carbocycles. The van der Waals surface area contributed by atoms with Crippen molar-refractivity contribution in [2.45, 2.75) is 0 Å². The van der Waals surface area contributed by atoms with Gasteiger partial charge in [-0.05, 0) is 12.1 Å². The zero-order chi connectivity index (χ0) is 14.2. The van der Waals surface area contributed by atoms with Crippen LogP contribution in [0.25, 0.3) is 0 Å². The molecule has 0 saturated heterocycles. The molecule has 5 nitrogen and oxygen atoms in total. The molecule has 0 aliphatic heterocycles. The number of hydrogen-bond acceptors (Lipinski definition) is 3.